The smallest absolute Gasteiger partial charge is 0.335 e. The van der Waals surface area contributed by atoms with Crippen molar-refractivity contribution in [3.05, 3.63) is 69.0 Å². The maximum atomic E-state index is 12.1. The summed E-state index contributed by atoms with van der Waals surface area (Å²) in [5.74, 6) is 0.838. The number of carbonyl (C=O) groups is 1. The van der Waals surface area contributed by atoms with E-state index >= 15 is 0 Å². The van der Waals surface area contributed by atoms with Gasteiger partial charge in [0.15, 0.2) is 0 Å². The Bertz CT molecular complexity index is 974. The Morgan fingerprint density at radius 1 is 1.38 bits per heavy atom. The summed E-state index contributed by atoms with van der Waals surface area (Å²) in [6, 6.07) is 5.82. The zero-order valence-electron chi connectivity index (χ0n) is 23.1. The van der Waals surface area contributed by atoms with Gasteiger partial charge < -0.3 is 15.4 Å². The van der Waals surface area contributed by atoms with Gasteiger partial charge in [0.05, 0.1) is 24.7 Å². The molecule has 0 aliphatic carbocycles. The molecule has 9 heteroatoms. The third-order valence-electron chi connectivity index (χ3n) is 4.62. The van der Waals surface area contributed by atoms with Crippen LogP contribution in [0.3, 0.4) is 0 Å². The maximum Gasteiger partial charge on any atom is 0.335 e. The molecule has 37 heavy (non-hydrogen) atoms. The molecule has 6 nitrogen and oxygen atoms in total. The lowest BCUT2D eigenvalue weighted by molar-refractivity contribution is -0.136. The number of halogens is 2. The standard InChI is InChI=1S/C17H24N2O2S.C6H4ClF.C4H10.CH4N2/c1-5-7-14(16-18-8-9-22-16)19-11-12(3)10-15(19)13(6-2)17(20)21-4;7-5-2-1-3-6(8)4-5;1-4(2)3;2-1-3/h7-9,12H,5-6,10-11H2,1-4H3;1-4H;4H,1-3H3;1H,(H3,2,3)/b14-7+,15-13+;;;. The number of ether oxygens (including phenoxy) is 1. The second-order valence-electron chi connectivity index (χ2n) is 8.86. The molecule has 1 aliphatic heterocycles. The quantitative estimate of drug-likeness (QED) is 0.171. The van der Waals surface area contributed by atoms with E-state index in [0.717, 1.165) is 53.6 Å². The van der Waals surface area contributed by atoms with Crippen molar-refractivity contribution in [3.63, 3.8) is 0 Å². The first-order valence-corrected chi connectivity index (χ1v) is 13.6. The summed E-state index contributed by atoms with van der Waals surface area (Å²) < 4.78 is 17.1. The van der Waals surface area contributed by atoms with Gasteiger partial charge in [0, 0.05) is 28.8 Å². The lowest BCUT2D eigenvalue weighted by Gasteiger charge is -2.24. The monoisotopic (exact) mass is 552 g/mol. The predicted octanol–water partition coefficient (Wildman–Crippen LogP) is 7.77. The second kappa shape index (κ2) is 19.4. The molecule has 206 valence electrons. The number of aromatic nitrogens is 1. The Kier molecular flexibility index (Phi) is 18.0. The van der Waals surface area contributed by atoms with E-state index in [1.54, 1.807) is 23.5 Å². The van der Waals surface area contributed by atoms with Crippen molar-refractivity contribution in [1.82, 2.24) is 9.88 Å². The van der Waals surface area contributed by atoms with Gasteiger partial charge in [-0.1, -0.05) is 65.3 Å². The van der Waals surface area contributed by atoms with Gasteiger partial charge in [0.25, 0.3) is 0 Å². The fourth-order valence-corrected chi connectivity index (χ4v) is 4.23. The number of likely N-dealkylation sites (tertiary alicyclic amines) is 1. The molecule has 2 heterocycles. The van der Waals surface area contributed by atoms with Crippen molar-refractivity contribution < 1.29 is 13.9 Å². The number of carbonyl (C=O) groups excluding carboxylic acids is 1. The molecule has 1 aromatic heterocycles. The van der Waals surface area contributed by atoms with E-state index in [0.29, 0.717) is 17.4 Å². The zero-order chi connectivity index (χ0) is 28.4. The first kappa shape index (κ1) is 34.3. The van der Waals surface area contributed by atoms with Crippen LogP contribution in [0.1, 0.15) is 65.8 Å². The number of allylic oxidation sites excluding steroid dienone is 2. The average Bonchev–Trinajstić information content (AvgIpc) is 3.48. The van der Waals surface area contributed by atoms with Crippen molar-refractivity contribution in [1.29, 1.82) is 5.41 Å². The summed E-state index contributed by atoms with van der Waals surface area (Å²) in [6.07, 6.45) is 7.30. The van der Waals surface area contributed by atoms with Crippen LogP contribution in [0.15, 0.2) is 53.2 Å². The molecular weight excluding hydrogens is 511 g/mol. The minimum Gasteiger partial charge on any atom is -0.466 e. The molecule has 3 rings (SSSR count). The number of hydrogen-bond acceptors (Lipinski definition) is 6. The largest absolute Gasteiger partial charge is 0.466 e. The Hall–Kier alpha value is -2.71. The van der Waals surface area contributed by atoms with Crippen LogP contribution in [0.4, 0.5) is 4.39 Å². The SMILES string of the molecule is CC(C)C.CC/C=C(\c1nccs1)N1CC(C)C/C1=C(/CC)C(=O)OC.Fc1cccc(Cl)c1.N=CN. The zero-order valence-corrected chi connectivity index (χ0v) is 24.6. The number of nitrogens with one attached hydrogen (secondary N) is 1. The molecule has 0 saturated carbocycles. The lowest BCUT2D eigenvalue weighted by atomic mass is 10.1. The van der Waals surface area contributed by atoms with Crippen LogP contribution in [0, 0.1) is 23.1 Å². The fraction of sp³-hybridized carbons (Fsp3) is 0.464. The second-order valence-corrected chi connectivity index (χ2v) is 10.2. The molecule has 1 unspecified atom stereocenters. The number of hydrogen-bond donors (Lipinski definition) is 2. The van der Waals surface area contributed by atoms with Crippen LogP contribution >= 0.6 is 22.9 Å². The highest BCUT2D eigenvalue weighted by molar-refractivity contribution is 7.10. The highest BCUT2D eigenvalue weighted by atomic mass is 35.5. The summed E-state index contributed by atoms with van der Waals surface area (Å²) >= 11 is 7.04. The summed E-state index contributed by atoms with van der Waals surface area (Å²) in [7, 11) is 1.45. The van der Waals surface area contributed by atoms with Gasteiger partial charge in [-0.15, -0.1) is 11.3 Å². The minimum atomic E-state index is -0.294. The molecule has 1 fully saturated rings. The van der Waals surface area contributed by atoms with Crippen molar-refractivity contribution >= 4 is 40.9 Å². The van der Waals surface area contributed by atoms with Crippen molar-refractivity contribution in [2.45, 2.75) is 60.8 Å². The highest BCUT2D eigenvalue weighted by Crippen LogP contribution is 2.37. The average molecular weight is 553 g/mol. The van der Waals surface area contributed by atoms with Crippen LogP contribution in [0.25, 0.3) is 5.70 Å². The van der Waals surface area contributed by atoms with E-state index in [9.17, 15) is 9.18 Å². The van der Waals surface area contributed by atoms with Gasteiger partial charge in [-0.2, -0.15) is 0 Å². The molecule has 0 radical (unpaired) electrons. The van der Waals surface area contributed by atoms with Crippen LogP contribution in [0.2, 0.25) is 5.02 Å². The predicted molar refractivity (Wildman–Crippen MR) is 155 cm³/mol. The topological polar surface area (TPSA) is 92.3 Å². The van der Waals surface area contributed by atoms with E-state index in [1.807, 2.05) is 18.5 Å². The van der Waals surface area contributed by atoms with E-state index < -0.39 is 0 Å². The summed E-state index contributed by atoms with van der Waals surface area (Å²) in [4.78, 5) is 18.8. The molecule has 1 aromatic carbocycles. The van der Waals surface area contributed by atoms with Crippen molar-refractivity contribution in [3.8, 4) is 0 Å². The number of benzene rings is 1. The molecular formula is C28H42ClFN4O2S. The number of esters is 1. The Morgan fingerprint density at radius 2 is 2.00 bits per heavy atom. The first-order valence-electron chi connectivity index (χ1n) is 12.4. The first-order chi connectivity index (χ1) is 17.6. The number of nitrogens with zero attached hydrogens (tertiary/aromatic N) is 2. The molecule has 1 atom stereocenters. The Morgan fingerprint density at radius 3 is 2.41 bits per heavy atom. The Labute approximate surface area is 230 Å². The molecule has 0 amide bonds. The van der Waals surface area contributed by atoms with Crippen LogP contribution in [-0.4, -0.2) is 35.8 Å². The van der Waals surface area contributed by atoms with Gasteiger partial charge in [-0.25, -0.2) is 14.2 Å². The summed E-state index contributed by atoms with van der Waals surface area (Å²) in [5, 5.41) is 9.29. The van der Waals surface area contributed by atoms with Crippen LogP contribution in [0.5, 0.6) is 0 Å². The van der Waals surface area contributed by atoms with E-state index in [4.69, 9.17) is 21.7 Å². The van der Waals surface area contributed by atoms with Gasteiger partial charge in [-0.05, 0) is 49.3 Å². The number of rotatable bonds is 5. The van der Waals surface area contributed by atoms with E-state index in [-0.39, 0.29) is 11.8 Å². The molecule has 2 aromatic rings. The molecule has 0 spiro atoms. The third kappa shape index (κ3) is 13.4. The van der Waals surface area contributed by atoms with Gasteiger partial charge in [-0.3, -0.25) is 5.41 Å². The normalized spacial score (nSPS) is 15.9. The van der Waals surface area contributed by atoms with E-state index in [1.165, 1.54) is 19.2 Å². The van der Waals surface area contributed by atoms with Gasteiger partial charge >= 0.3 is 5.97 Å². The van der Waals surface area contributed by atoms with Crippen molar-refractivity contribution in [2.24, 2.45) is 17.6 Å². The highest BCUT2D eigenvalue weighted by Gasteiger charge is 2.31. The number of thiazole rings is 1. The molecule has 3 N–H and O–H groups in total. The minimum absolute atomic E-state index is 0.216. The molecule has 1 saturated heterocycles. The number of methoxy groups -OCH3 is 1. The lowest BCUT2D eigenvalue weighted by Crippen LogP contribution is -2.21. The van der Waals surface area contributed by atoms with Gasteiger partial charge in [0.2, 0.25) is 0 Å². The number of nitrogens with two attached hydrogens (primary N) is 1. The molecule has 1 aliphatic rings. The summed E-state index contributed by atoms with van der Waals surface area (Å²) in [5.41, 5.74) is 7.38. The maximum absolute atomic E-state index is 12.1. The third-order valence-corrected chi connectivity index (χ3v) is 5.65. The van der Waals surface area contributed by atoms with Crippen molar-refractivity contribution in [2.75, 3.05) is 13.7 Å². The van der Waals surface area contributed by atoms with Gasteiger partial charge in [0.1, 0.15) is 10.8 Å². The van der Waals surface area contributed by atoms with Crippen LogP contribution in [-0.2, 0) is 9.53 Å². The van der Waals surface area contributed by atoms with E-state index in [2.05, 4.69) is 56.3 Å². The molecule has 0 bridgehead atoms. The fourth-order valence-electron chi connectivity index (χ4n) is 3.36. The Balaban J connectivity index is 0.000000705. The van der Waals surface area contributed by atoms with Crippen LogP contribution < -0.4 is 5.73 Å². The summed E-state index contributed by atoms with van der Waals surface area (Å²) in [6.45, 7) is 13.8.